The van der Waals surface area contributed by atoms with Gasteiger partial charge in [-0.1, -0.05) is 0 Å². The molecule has 0 aliphatic rings. The number of hydrogen-bond donors (Lipinski definition) is 3. The van der Waals surface area contributed by atoms with Crippen molar-refractivity contribution in [3.63, 3.8) is 0 Å². The molecule has 0 aliphatic carbocycles. The Labute approximate surface area is 115 Å². The Morgan fingerprint density at radius 2 is 1.71 bits per heavy atom. The van der Waals surface area contributed by atoms with Crippen LogP contribution in [0.5, 0.6) is 0 Å². The fourth-order valence-corrected chi connectivity index (χ4v) is 1.47. The molecule has 5 nitrogen and oxygen atoms in total. The van der Waals surface area contributed by atoms with Gasteiger partial charge in [-0.05, 0) is 12.1 Å². The lowest BCUT2D eigenvalue weighted by Gasteiger charge is -2.09. The van der Waals surface area contributed by atoms with Crippen LogP contribution in [0.1, 0.15) is 10.5 Å². The average Bonchev–Trinajstić information content (AvgIpc) is 2.49. The summed E-state index contributed by atoms with van der Waals surface area (Å²) >= 11 is 0. The number of amides is 1. The van der Waals surface area contributed by atoms with Gasteiger partial charge >= 0.3 is 0 Å². The fraction of sp³-hybridized carbons (Fsp3) is 0. The quantitative estimate of drug-likeness (QED) is 0.351. The van der Waals surface area contributed by atoms with Gasteiger partial charge in [-0.3, -0.25) is 10.6 Å². The van der Waals surface area contributed by atoms with Crippen LogP contribution in [0, 0.1) is 23.3 Å². The number of nitrogens with two attached hydrogens (primary N) is 1. The van der Waals surface area contributed by atoms with Crippen LogP contribution in [0.4, 0.5) is 28.9 Å². The number of halogens is 4. The van der Waals surface area contributed by atoms with E-state index in [1.807, 2.05) is 0 Å². The van der Waals surface area contributed by atoms with E-state index in [2.05, 4.69) is 10.4 Å². The zero-order valence-corrected chi connectivity index (χ0v) is 10.3. The van der Waals surface area contributed by atoms with E-state index in [0.29, 0.717) is 5.69 Å². The normalized spacial score (nSPS) is 10.3. The number of rotatable bonds is 3. The molecule has 0 spiro atoms. The van der Waals surface area contributed by atoms with Gasteiger partial charge in [0.25, 0.3) is 5.91 Å². The molecule has 0 saturated carbocycles. The summed E-state index contributed by atoms with van der Waals surface area (Å²) in [5, 5.41) is 1.73. The van der Waals surface area contributed by atoms with Gasteiger partial charge in [0, 0.05) is 6.07 Å². The van der Waals surface area contributed by atoms with E-state index in [1.54, 1.807) is 5.32 Å². The van der Waals surface area contributed by atoms with E-state index < -0.39 is 34.9 Å². The van der Waals surface area contributed by atoms with Crippen LogP contribution in [-0.2, 0) is 0 Å². The molecule has 1 heterocycles. The van der Waals surface area contributed by atoms with Gasteiger partial charge in [0.2, 0.25) is 0 Å². The number of hydrazine groups is 1. The summed E-state index contributed by atoms with van der Waals surface area (Å²) in [6.45, 7) is 0. The van der Waals surface area contributed by atoms with Crippen molar-refractivity contribution in [2.45, 2.75) is 0 Å². The molecule has 1 aromatic carbocycles. The maximum atomic E-state index is 13.4. The van der Waals surface area contributed by atoms with Crippen molar-refractivity contribution in [3.8, 4) is 0 Å². The Morgan fingerprint density at radius 3 is 2.19 bits per heavy atom. The monoisotopic (exact) mass is 300 g/mol. The van der Waals surface area contributed by atoms with Crippen LogP contribution in [0.2, 0.25) is 0 Å². The minimum atomic E-state index is -1.71. The number of anilines is 2. The first kappa shape index (κ1) is 14.7. The molecule has 1 aromatic heterocycles. The van der Waals surface area contributed by atoms with Crippen LogP contribution < -0.4 is 16.6 Å². The molecule has 9 heteroatoms. The van der Waals surface area contributed by atoms with Gasteiger partial charge in [-0.15, -0.1) is 0 Å². The number of pyridine rings is 1. The summed E-state index contributed by atoms with van der Waals surface area (Å²) in [6, 6.07) is 2.62. The smallest absolute Gasteiger partial charge is 0.274 e. The molecule has 110 valence electrons. The Morgan fingerprint density at radius 1 is 1.10 bits per heavy atom. The highest BCUT2D eigenvalue weighted by Crippen LogP contribution is 2.24. The first-order valence-electron chi connectivity index (χ1n) is 5.51. The molecule has 0 atom stereocenters. The molecule has 2 aromatic rings. The number of nitrogen functional groups attached to an aromatic ring is 1. The molecule has 0 aliphatic heterocycles. The van der Waals surface area contributed by atoms with E-state index >= 15 is 0 Å². The van der Waals surface area contributed by atoms with E-state index in [1.165, 1.54) is 18.3 Å². The third kappa shape index (κ3) is 2.92. The Balaban J connectivity index is 2.31. The zero-order valence-electron chi connectivity index (χ0n) is 10.3. The molecule has 0 saturated heterocycles. The molecule has 4 N–H and O–H groups in total. The average molecular weight is 300 g/mol. The highest BCUT2D eigenvalue weighted by atomic mass is 19.2. The second-order valence-electron chi connectivity index (χ2n) is 3.87. The highest BCUT2D eigenvalue weighted by Gasteiger charge is 2.21. The highest BCUT2D eigenvalue weighted by molar-refractivity contribution is 6.03. The lowest BCUT2D eigenvalue weighted by atomic mass is 10.2. The number of carbonyl (C=O) groups is 1. The minimum Gasteiger partial charge on any atom is -0.323 e. The molecule has 0 fully saturated rings. The summed E-state index contributed by atoms with van der Waals surface area (Å²) in [7, 11) is 0. The van der Waals surface area contributed by atoms with E-state index in [9.17, 15) is 22.4 Å². The van der Waals surface area contributed by atoms with Crippen LogP contribution in [0.15, 0.2) is 24.4 Å². The van der Waals surface area contributed by atoms with Crippen molar-refractivity contribution in [1.29, 1.82) is 0 Å². The topological polar surface area (TPSA) is 80.0 Å². The molecule has 1 amide bonds. The van der Waals surface area contributed by atoms with Gasteiger partial charge in [0.1, 0.15) is 11.4 Å². The van der Waals surface area contributed by atoms with Crippen LogP contribution in [0.3, 0.4) is 0 Å². The summed E-state index contributed by atoms with van der Waals surface area (Å²) in [5.74, 6) is -2.60. The second kappa shape index (κ2) is 5.75. The molecule has 21 heavy (non-hydrogen) atoms. The standard InChI is InChI=1S/C12H8F4N4O/c13-6-3-7(14)10(16)11(9(6)15)19-12(21)8-2-1-5(20-17)4-18-8/h1-4,20H,17H2,(H,19,21). The summed E-state index contributed by atoms with van der Waals surface area (Å²) in [4.78, 5) is 15.4. The Hall–Kier alpha value is -2.68. The van der Waals surface area contributed by atoms with Gasteiger partial charge < -0.3 is 10.7 Å². The van der Waals surface area contributed by atoms with E-state index in [-0.39, 0.29) is 11.8 Å². The molecular formula is C12H8F4N4O. The van der Waals surface area contributed by atoms with Crippen molar-refractivity contribution in [2.75, 3.05) is 10.7 Å². The third-order valence-corrected chi connectivity index (χ3v) is 2.51. The number of nitrogens with zero attached hydrogens (tertiary/aromatic N) is 1. The minimum absolute atomic E-state index is 0.0419. The van der Waals surface area contributed by atoms with Crippen LogP contribution >= 0.6 is 0 Å². The molecule has 0 unspecified atom stereocenters. The zero-order chi connectivity index (χ0) is 15.6. The number of carbonyl (C=O) groups excluding carboxylic acids is 1. The fourth-order valence-electron chi connectivity index (χ4n) is 1.47. The molecular weight excluding hydrogens is 292 g/mol. The van der Waals surface area contributed by atoms with Crippen molar-refractivity contribution in [1.82, 2.24) is 4.98 Å². The Kier molecular flexibility index (Phi) is 4.03. The lowest BCUT2D eigenvalue weighted by Crippen LogP contribution is -2.17. The Bertz CT molecular complexity index is 664. The van der Waals surface area contributed by atoms with Gasteiger partial charge in [-0.2, -0.15) is 0 Å². The summed E-state index contributed by atoms with van der Waals surface area (Å²) in [6.07, 6.45) is 1.19. The summed E-state index contributed by atoms with van der Waals surface area (Å²) < 4.78 is 52.8. The lowest BCUT2D eigenvalue weighted by molar-refractivity contribution is 0.102. The van der Waals surface area contributed by atoms with Crippen molar-refractivity contribution in [3.05, 3.63) is 53.4 Å². The van der Waals surface area contributed by atoms with Crippen LogP contribution in [-0.4, -0.2) is 10.9 Å². The number of aromatic nitrogens is 1. The van der Waals surface area contributed by atoms with Crippen molar-refractivity contribution in [2.24, 2.45) is 5.84 Å². The largest absolute Gasteiger partial charge is 0.323 e. The number of nitrogens with one attached hydrogen (secondary N) is 2. The SMILES string of the molecule is NNc1ccc(C(=O)Nc2c(F)c(F)cc(F)c2F)nc1. The first-order valence-corrected chi connectivity index (χ1v) is 5.51. The maximum Gasteiger partial charge on any atom is 0.274 e. The summed E-state index contributed by atoms with van der Waals surface area (Å²) in [5.41, 5.74) is 1.21. The predicted molar refractivity (Wildman–Crippen MR) is 66.3 cm³/mol. The predicted octanol–water partition coefficient (Wildman–Crippen LogP) is 2.18. The number of benzene rings is 1. The van der Waals surface area contributed by atoms with Gasteiger partial charge in [0.05, 0.1) is 11.9 Å². The van der Waals surface area contributed by atoms with Crippen molar-refractivity contribution < 1.29 is 22.4 Å². The molecule has 0 radical (unpaired) electrons. The van der Waals surface area contributed by atoms with Gasteiger partial charge in [0.15, 0.2) is 23.3 Å². The molecule has 2 rings (SSSR count). The third-order valence-electron chi connectivity index (χ3n) is 2.51. The van der Waals surface area contributed by atoms with Crippen molar-refractivity contribution >= 4 is 17.3 Å². The number of hydrogen-bond acceptors (Lipinski definition) is 4. The van der Waals surface area contributed by atoms with Gasteiger partial charge in [-0.25, -0.2) is 22.5 Å². The van der Waals surface area contributed by atoms with Crippen LogP contribution in [0.25, 0.3) is 0 Å². The second-order valence-corrected chi connectivity index (χ2v) is 3.87. The van der Waals surface area contributed by atoms with E-state index in [0.717, 1.165) is 0 Å². The molecule has 0 bridgehead atoms. The first-order chi connectivity index (χ1) is 9.93. The maximum absolute atomic E-state index is 13.4. The van der Waals surface area contributed by atoms with E-state index in [4.69, 9.17) is 5.84 Å².